The summed E-state index contributed by atoms with van der Waals surface area (Å²) in [6, 6.07) is 10.1. The highest BCUT2D eigenvalue weighted by Gasteiger charge is 2.25. The van der Waals surface area contributed by atoms with Crippen LogP contribution in [0.5, 0.6) is 11.6 Å². The van der Waals surface area contributed by atoms with Crippen LogP contribution in [0.15, 0.2) is 42.6 Å². The minimum absolute atomic E-state index is 0.0732. The van der Waals surface area contributed by atoms with Gasteiger partial charge < -0.3 is 14.8 Å². The van der Waals surface area contributed by atoms with E-state index in [4.69, 9.17) is 9.47 Å². The molecular formula is C22H26N2O5. The zero-order valence-corrected chi connectivity index (χ0v) is 16.9. The number of nitrogens with zero attached hydrogens (tertiary/aromatic N) is 1. The number of hydrogen-bond acceptors (Lipinski definition) is 6. The van der Waals surface area contributed by atoms with Crippen molar-refractivity contribution in [1.29, 1.82) is 0 Å². The number of pyridine rings is 1. The third kappa shape index (κ3) is 6.71. The molecule has 0 saturated heterocycles. The highest BCUT2D eigenvalue weighted by molar-refractivity contribution is 6.12. The maximum Gasteiger partial charge on any atom is 0.308 e. The van der Waals surface area contributed by atoms with Gasteiger partial charge in [-0.2, -0.15) is 0 Å². The molecule has 7 heteroatoms. The monoisotopic (exact) mass is 398 g/mol. The van der Waals surface area contributed by atoms with E-state index in [-0.39, 0.29) is 41.5 Å². The maximum absolute atomic E-state index is 13.2. The van der Waals surface area contributed by atoms with Gasteiger partial charge in [-0.3, -0.25) is 14.4 Å². The fourth-order valence-corrected chi connectivity index (χ4v) is 2.75. The minimum atomic E-state index is -0.551. The third-order valence-corrected chi connectivity index (χ3v) is 4.13. The molecule has 0 aliphatic rings. The number of ketones is 1. The van der Waals surface area contributed by atoms with E-state index in [1.165, 1.54) is 26.1 Å². The summed E-state index contributed by atoms with van der Waals surface area (Å²) < 4.78 is 11.3. The van der Waals surface area contributed by atoms with Gasteiger partial charge in [0.25, 0.3) is 0 Å². The first-order chi connectivity index (χ1) is 13.9. The van der Waals surface area contributed by atoms with Crippen LogP contribution < -0.4 is 14.8 Å². The Balaban J connectivity index is 2.41. The van der Waals surface area contributed by atoms with E-state index in [9.17, 15) is 14.4 Å². The van der Waals surface area contributed by atoms with Crippen LogP contribution in [0.2, 0.25) is 0 Å². The predicted molar refractivity (Wildman–Crippen MR) is 108 cm³/mol. The maximum atomic E-state index is 13.2. The molecule has 0 aliphatic carbocycles. The van der Waals surface area contributed by atoms with Crippen molar-refractivity contribution in [3.8, 4) is 11.6 Å². The number of carbonyl (C=O) groups excluding carboxylic acids is 3. The average Bonchev–Trinajstić information content (AvgIpc) is 2.70. The van der Waals surface area contributed by atoms with Gasteiger partial charge in [0.05, 0.1) is 6.54 Å². The number of rotatable bonds is 10. The first-order valence-corrected chi connectivity index (χ1v) is 9.60. The van der Waals surface area contributed by atoms with Gasteiger partial charge in [-0.15, -0.1) is 0 Å². The predicted octanol–water partition coefficient (Wildman–Crippen LogP) is 3.31. The molecular weight excluding hydrogens is 372 g/mol. The zero-order valence-electron chi connectivity index (χ0n) is 16.9. The van der Waals surface area contributed by atoms with E-state index >= 15 is 0 Å². The molecule has 1 aromatic carbocycles. The smallest absolute Gasteiger partial charge is 0.308 e. The molecule has 1 heterocycles. The number of benzene rings is 1. The molecule has 0 spiro atoms. The van der Waals surface area contributed by atoms with Crippen molar-refractivity contribution in [2.45, 2.75) is 46.1 Å². The summed E-state index contributed by atoms with van der Waals surface area (Å²) >= 11 is 0. The number of nitrogens with one attached hydrogen (secondary N) is 1. The van der Waals surface area contributed by atoms with Gasteiger partial charge in [-0.1, -0.05) is 43.7 Å². The number of carbonyl (C=O) groups is 3. The molecule has 0 aliphatic heterocycles. The molecule has 1 amide bonds. The summed E-state index contributed by atoms with van der Waals surface area (Å²) in [5.41, 5.74) is 0.504. The zero-order chi connectivity index (χ0) is 21.2. The Hall–Kier alpha value is -3.22. The number of esters is 1. The van der Waals surface area contributed by atoms with Crippen LogP contribution in [-0.2, 0) is 9.59 Å². The number of unbranched alkanes of at least 4 members (excludes halogenated alkanes) is 1. The van der Waals surface area contributed by atoms with Crippen LogP contribution >= 0.6 is 0 Å². The molecule has 29 heavy (non-hydrogen) atoms. The average molecular weight is 398 g/mol. The topological polar surface area (TPSA) is 94.6 Å². The Morgan fingerprint density at radius 2 is 1.83 bits per heavy atom. The first kappa shape index (κ1) is 22.1. The molecule has 0 saturated carbocycles. The highest BCUT2D eigenvalue weighted by Crippen LogP contribution is 2.30. The molecule has 154 valence electrons. The molecule has 0 bridgehead atoms. The van der Waals surface area contributed by atoms with Gasteiger partial charge in [0, 0.05) is 31.7 Å². The fourth-order valence-electron chi connectivity index (χ4n) is 2.75. The van der Waals surface area contributed by atoms with E-state index in [0.29, 0.717) is 12.0 Å². The number of amides is 1. The van der Waals surface area contributed by atoms with Gasteiger partial charge in [0.1, 0.15) is 17.4 Å². The molecule has 2 aromatic rings. The van der Waals surface area contributed by atoms with Crippen LogP contribution in [0.3, 0.4) is 0 Å². The Morgan fingerprint density at radius 1 is 1.10 bits per heavy atom. The largest absolute Gasteiger partial charge is 0.472 e. The molecule has 1 unspecified atom stereocenters. The van der Waals surface area contributed by atoms with Gasteiger partial charge >= 0.3 is 5.97 Å². The van der Waals surface area contributed by atoms with Crippen molar-refractivity contribution in [1.82, 2.24) is 10.3 Å². The Morgan fingerprint density at radius 3 is 2.45 bits per heavy atom. The highest BCUT2D eigenvalue weighted by atomic mass is 16.5. The van der Waals surface area contributed by atoms with E-state index < -0.39 is 5.97 Å². The first-order valence-electron chi connectivity index (χ1n) is 9.60. The van der Waals surface area contributed by atoms with Crippen molar-refractivity contribution < 1.29 is 23.9 Å². The van der Waals surface area contributed by atoms with Gasteiger partial charge in [0.2, 0.25) is 17.6 Å². The van der Waals surface area contributed by atoms with Crippen molar-refractivity contribution in [2.75, 3.05) is 6.54 Å². The summed E-state index contributed by atoms with van der Waals surface area (Å²) in [6.07, 6.45) is 3.56. The SMILES string of the molecule is CCCCC(CNC(C)=O)Oc1nccc(OC(C)=O)c1C(=O)c1ccccc1. The summed E-state index contributed by atoms with van der Waals surface area (Å²) in [7, 11) is 0. The van der Waals surface area contributed by atoms with Crippen LogP contribution in [0.4, 0.5) is 0 Å². The van der Waals surface area contributed by atoms with Crippen molar-refractivity contribution in [2.24, 2.45) is 0 Å². The molecule has 1 N–H and O–H groups in total. The summed E-state index contributed by atoms with van der Waals surface area (Å²) in [5, 5.41) is 2.74. The normalized spacial score (nSPS) is 11.4. The molecule has 1 aromatic heterocycles. The van der Waals surface area contributed by atoms with E-state index in [0.717, 1.165) is 12.8 Å². The van der Waals surface area contributed by atoms with Gasteiger partial charge in [-0.25, -0.2) is 4.98 Å². The molecule has 1 atom stereocenters. The summed E-state index contributed by atoms with van der Waals surface area (Å²) in [5.74, 6) is -0.921. The lowest BCUT2D eigenvalue weighted by molar-refractivity contribution is -0.132. The van der Waals surface area contributed by atoms with E-state index in [1.54, 1.807) is 30.3 Å². The second-order valence-electron chi connectivity index (χ2n) is 6.60. The molecule has 7 nitrogen and oxygen atoms in total. The number of ether oxygens (including phenoxy) is 2. The fraction of sp³-hybridized carbons (Fsp3) is 0.364. The third-order valence-electron chi connectivity index (χ3n) is 4.13. The second kappa shape index (κ2) is 10.9. The van der Waals surface area contributed by atoms with Crippen molar-refractivity contribution >= 4 is 17.7 Å². The lowest BCUT2D eigenvalue weighted by atomic mass is 10.0. The summed E-state index contributed by atoms with van der Waals surface area (Å²) in [4.78, 5) is 40.2. The molecule has 0 fully saturated rings. The van der Waals surface area contributed by atoms with Gasteiger partial charge in [0.15, 0.2) is 0 Å². The Labute approximate surface area is 170 Å². The van der Waals surface area contributed by atoms with Crippen LogP contribution in [0, 0.1) is 0 Å². The Kier molecular flexibility index (Phi) is 8.33. The Bertz CT molecular complexity index is 852. The lowest BCUT2D eigenvalue weighted by Crippen LogP contribution is -2.34. The number of aromatic nitrogens is 1. The number of hydrogen-bond donors (Lipinski definition) is 1. The second-order valence-corrected chi connectivity index (χ2v) is 6.60. The minimum Gasteiger partial charge on any atom is -0.472 e. The molecule has 0 radical (unpaired) electrons. The van der Waals surface area contributed by atoms with E-state index in [2.05, 4.69) is 17.2 Å². The van der Waals surface area contributed by atoms with Crippen LogP contribution in [0.1, 0.15) is 56.0 Å². The van der Waals surface area contributed by atoms with E-state index in [1.807, 2.05) is 0 Å². The van der Waals surface area contributed by atoms with Crippen molar-refractivity contribution in [3.05, 3.63) is 53.7 Å². The van der Waals surface area contributed by atoms with Gasteiger partial charge in [-0.05, 0) is 12.8 Å². The molecule has 2 rings (SSSR count). The van der Waals surface area contributed by atoms with Crippen molar-refractivity contribution in [3.63, 3.8) is 0 Å². The summed E-state index contributed by atoms with van der Waals surface area (Å²) in [6.45, 7) is 5.03. The van der Waals surface area contributed by atoms with Crippen LogP contribution in [-0.4, -0.2) is 35.3 Å². The quantitative estimate of drug-likeness (QED) is 0.487. The standard InChI is InChI=1S/C22H26N2O5/c1-4-5-11-18(14-24-15(2)25)29-22-20(19(12-13-23-22)28-16(3)26)21(27)17-9-7-6-8-10-17/h6-10,12-13,18H,4-5,11,14H2,1-3H3,(H,24,25). The van der Waals surface area contributed by atoms with Crippen LogP contribution in [0.25, 0.3) is 0 Å². The lowest BCUT2D eigenvalue weighted by Gasteiger charge is -2.21.